The lowest BCUT2D eigenvalue weighted by atomic mass is 9.75. The number of furan rings is 1. The molecule has 0 saturated carbocycles. The van der Waals surface area contributed by atoms with E-state index in [0.717, 1.165) is 19.0 Å². The molecule has 3 nitrogen and oxygen atoms in total. The molecule has 0 bridgehead atoms. The maximum atomic E-state index is 11.9. The predicted octanol–water partition coefficient (Wildman–Crippen LogP) is 3.22. The van der Waals surface area contributed by atoms with Gasteiger partial charge in [0, 0.05) is 0 Å². The second-order valence-corrected chi connectivity index (χ2v) is 6.32. The first-order valence-corrected chi connectivity index (χ1v) is 6.76. The van der Waals surface area contributed by atoms with E-state index >= 15 is 0 Å². The first-order valence-electron chi connectivity index (χ1n) is 6.76. The fraction of sp³-hybridized carbons (Fsp3) is 0.667. The largest absolute Gasteiger partial charge is 0.461 e. The van der Waals surface area contributed by atoms with Crippen molar-refractivity contribution in [3.8, 4) is 0 Å². The average Bonchev–Trinajstić information content (AvgIpc) is 2.82. The highest BCUT2D eigenvalue weighted by atomic mass is 16.3. The minimum Gasteiger partial charge on any atom is -0.461 e. The van der Waals surface area contributed by atoms with E-state index in [9.17, 15) is 4.79 Å². The molecule has 0 spiro atoms. The van der Waals surface area contributed by atoms with Gasteiger partial charge in [0.1, 0.15) is 0 Å². The van der Waals surface area contributed by atoms with Crippen molar-refractivity contribution < 1.29 is 9.21 Å². The van der Waals surface area contributed by atoms with Crippen molar-refractivity contribution in [3.05, 3.63) is 24.2 Å². The van der Waals surface area contributed by atoms with Crippen molar-refractivity contribution in [1.82, 2.24) is 4.90 Å². The summed E-state index contributed by atoms with van der Waals surface area (Å²) in [7, 11) is 0. The highest BCUT2D eigenvalue weighted by Gasteiger charge is 2.29. The van der Waals surface area contributed by atoms with Gasteiger partial charge in [-0.25, -0.2) is 0 Å². The van der Waals surface area contributed by atoms with E-state index in [1.807, 2.05) is 0 Å². The first kappa shape index (κ1) is 13.3. The predicted molar refractivity (Wildman–Crippen MR) is 71.7 cm³/mol. The molecule has 0 amide bonds. The van der Waals surface area contributed by atoms with Crippen LogP contribution in [0.2, 0.25) is 0 Å². The van der Waals surface area contributed by atoms with Crippen LogP contribution in [0.3, 0.4) is 0 Å². The Hall–Kier alpha value is -1.09. The molecule has 0 atom stereocenters. The Morgan fingerprint density at radius 1 is 1.39 bits per heavy atom. The standard InChI is InChI=1S/C15H23NO2/c1-15(2,3)12-6-8-16(9-7-12)11-13(17)14-5-4-10-18-14/h4-5,10,12H,6-9,11H2,1-3H3. The summed E-state index contributed by atoms with van der Waals surface area (Å²) in [5, 5.41) is 0. The Balaban J connectivity index is 1.82. The molecule has 1 fully saturated rings. The lowest BCUT2D eigenvalue weighted by Crippen LogP contribution is -2.40. The molecule has 100 valence electrons. The number of carbonyl (C=O) groups is 1. The van der Waals surface area contributed by atoms with Crippen LogP contribution in [0.25, 0.3) is 0 Å². The quantitative estimate of drug-likeness (QED) is 0.771. The molecule has 2 heterocycles. The summed E-state index contributed by atoms with van der Waals surface area (Å²) in [6.45, 7) is 9.46. The molecule has 1 aliphatic heterocycles. The van der Waals surface area contributed by atoms with Gasteiger partial charge in [0.15, 0.2) is 5.76 Å². The van der Waals surface area contributed by atoms with Gasteiger partial charge in [0.25, 0.3) is 0 Å². The zero-order valence-corrected chi connectivity index (χ0v) is 11.6. The smallest absolute Gasteiger partial charge is 0.211 e. The van der Waals surface area contributed by atoms with Crippen molar-refractivity contribution in [1.29, 1.82) is 0 Å². The summed E-state index contributed by atoms with van der Waals surface area (Å²) in [6.07, 6.45) is 3.93. The number of nitrogens with zero attached hydrogens (tertiary/aromatic N) is 1. The molecular formula is C15H23NO2. The lowest BCUT2D eigenvalue weighted by molar-refractivity contribution is 0.0799. The Morgan fingerprint density at radius 2 is 2.06 bits per heavy atom. The summed E-state index contributed by atoms with van der Waals surface area (Å²) in [5.74, 6) is 1.34. The third-order valence-electron chi connectivity index (χ3n) is 3.98. The van der Waals surface area contributed by atoms with Gasteiger partial charge >= 0.3 is 0 Å². The molecule has 0 unspecified atom stereocenters. The molecular weight excluding hydrogens is 226 g/mol. The maximum Gasteiger partial charge on any atom is 0.211 e. The van der Waals surface area contributed by atoms with E-state index in [2.05, 4.69) is 25.7 Å². The van der Waals surface area contributed by atoms with Crippen molar-refractivity contribution in [2.24, 2.45) is 11.3 Å². The van der Waals surface area contributed by atoms with Crippen molar-refractivity contribution in [2.75, 3.05) is 19.6 Å². The zero-order valence-electron chi connectivity index (χ0n) is 11.6. The van der Waals surface area contributed by atoms with Gasteiger partial charge in [-0.1, -0.05) is 20.8 Å². The number of hydrogen-bond donors (Lipinski definition) is 0. The van der Waals surface area contributed by atoms with Crippen LogP contribution in [0.4, 0.5) is 0 Å². The third kappa shape index (κ3) is 3.22. The fourth-order valence-corrected chi connectivity index (χ4v) is 2.68. The van der Waals surface area contributed by atoms with Crippen LogP contribution in [0.1, 0.15) is 44.2 Å². The normalized spacial score (nSPS) is 19.1. The Bertz CT molecular complexity index is 381. The van der Waals surface area contributed by atoms with Gasteiger partial charge in [-0.05, 0) is 49.4 Å². The average molecular weight is 249 g/mol. The number of ketones is 1. The number of Topliss-reactive ketones (excluding diaryl/α,β-unsaturated/α-hetero) is 1. The zero-order chi connectivity index (χ0) is 13.2. The highest BCUT2D eigenvalue weighted by Crippen LogP contribution is 2.34. The van der Waals surface area contributed by atoms with Crippen LogP contribution in [0.5, 0.6) is 0 Å². The van der Waals surface area contributed by atoms with Crippen LogP contribution >= 0.6 is 0 Å². The number of carbonyl (C=O) groups excluding carboxylic acids is 1. The molecule has 1 aromatic heterocycles. The van der Waals surface area contributed by atoms with Crippen molar-refractivity contribution in [2.45, 2.75) is 33.6 Å². The summed E-state index contributed by atoms with van der Waals surface area (Å²) < 4.78 is 5.14. The van der Waals surface area contributed by atoms with Gasteiger partial charge in [-0.3, -0.25) is 9.69 Å². The van der Waals surface area contributed by atoms with E-state index in [1.54, 1.807) is 18.4 Å². The summed E-state index contributed by atoms with van der Waals surface area (Å²) in [4.78, 5) is 14.2. The minimum absolute atomic E-state index is 0.0919. The van der Waals surface area contributed by atoms with E-state index in [1.165, 1.54) is 12.8 Å². The molecule has 2 rings (SSSR count). The maximum absolute atomic E-state index is 11.9. The van der Waals surface area contributed by atoms with Gasteiger partial charge in [-0.15, -0.1) is 0 Å². The minimum atomic E-state index is 0.0919. The Morgan fingerprint density at radius 3 is 2.56 bits per heavy atom. The Kier molecular flexibility index (Phi) is 3.91. The van der Waals surface area contributed by atoms with Gasteiger partial charge < -0.3 is 4.42 Å². The SMILES string of the molecule is CC(C)(C)C1CCN(CC(=O)c2ccco2)CC1. The molecule has 0 aliphatic carbocycles. The first-order chi connectivity index (χ1) is 8.47. The molecule has 18 heavy (non-hydrogen) atoms. The molecule has 1 saturated heterocycles. The summed E-state index contributed by atoms with van der Waals surface area (Å²) in [6, 6.07) is 3.50. The molecule has 0 aromatic carbocycles. The van der Waals surface area contributed by atoms with E-state index in [4.69, 9.17) is 4.42 Å². The number of likely N-dealkylation sites (tertiary alicyclic amines) is 1. The van der Waals surface area contributed by atoms with Crippen LogP contribution in [0, 0.1) is 11.3 Å². The molecule has 0 N–H and O–H groups in total. The Labute approximate surface area is 109 Å². The number of rotatable bonds is 3. The number of hydrogen-bond acceptors (Lipinski definition) is 3. The second-order valence-electron chi connectivity index (χ2n) is 6.32. The second kappa shape index (κ2) is 5.27. The van der Waals surface area contributed by atoms with Crippen molar-refractivity contribution in [3.63, 3.8) is 0 Å². The van der Waals surface area contributed by atoms with E-state index in [0.29, 0.717) is 17.7 Å². The molecule has 3 heteroatoms. The van der Waals surface area contributed by atoms with E-state index in [-0.39, 0.29) is 5.78 Å². The van der Waals surface area contributed by atoms with E-state index < -0.39 is 0 Å². The van der Waals surface area contributed by atoms with Crippen LogP contribution in [-0.2, 0) is 0 Å². The summed E-state index contributed by atoms with van der Waals surface area (Å²) in [5.41, 5.74) is 0.386. The van der Waals surface area contributed by atoms with Crippen LogP contribution < -0.4 is 0 Å². The monoisotopic (exact) mass is 249 g/mol. The fourth-order valence-electron chi connectivity index (χ4n) is 2.68. The third-order valence-corrected chi connectivity index (χ3v) is 3.98. The van der Waals surface area contributed by atoms with Crippen LogP contribution in [0.15, 0.2) is 22.8 Å². The van der Waals surface area contributed by atoms with Crippen LogP contribution in [-0.4, -0.2) is 30.3 Å². The van der Waals surface area contributed by atoms with Gasteiger partial charge in [0.2, 0.25) is 5.78 Å². The molecule has 0 radical (unpaired) electrons. The lowest BCUT2D eigenvalue weighted by Gasteiger charge is -2.38. The summed E-state index contributed by atoms with van der Waals surface area (Å²) >= 11 is 0. The molecule has 1 aromatic rings. The van der Waals surface area contributed by atoms with Gasteiger partial charge in [-0.2, -0.15) is 0 Å². The topological polar surface area (TPSA) is 33.5 Å². The van der Waals surface area contributed by atoms with Gasteiger partial charge in [0.05, 0.1) is 12.8 Å². The number of piperidine rings is 1. The van der Waals surface area contributed by atoms with Crippen molar-refractivity contribution >= 4 is 5.78 Å². The highest BCUT2D eigenvalue weighted by molar-refractivity contribution is 5.94. The molecule has 1 aliphatic rings.